The van der Waals surface area contributed by atoms with Gasteiger partial charge in [0.2, 0.25) is 0 Å². The van der Waals surface area contributed by atoms with E-state index in [1.165, 1.54) is 30.4 Å². The smallest absolute Gasteiger partial charge is 0.269 e. The lowest BCUT2D eigenvalue weighted by atomic mass is 10.1. The molecule has 3 heterocycles. The Morgan fingerprint density at radius 3 is 2.63 bits per heavy atom. The molecule has 1 aromatic heterocycles. The summed E-state index contributed by atoms with van der Waals surface area (Å²) in [5.41, 5.74) is 2.85. The number of ketones is 1. The van der Waals surface area contributed by atoms with Crippen LogP contribution >= 0.6 is 23.5 Å². The molecule has 0 radical (unpaired) electrons. The van der Waals surface area contributed by atoms with E-state index in [4.69, 9.17) is 14.1 Å². The van der Waals surface area contributed by atoms with Gasteiger partial charge < -0.3 is 24.3 Å². The van der Waals surface area contributed by atoms with Crippen LogP contribution in [0.4, 0.5) is 11.4 Å². The Bertz CT molecular complexity index is 1510. The molecule has 228 valence electrons. The standard InChI is InChI=1S/C32H39N5O4S2/c1-8-33-27-14-12-24(23(4)38)19-28(27)34-32-37(20-26-10-9-16-40-26)30(39)29(43-32)31-36(7)21(2)18-25(13-11-22(3)42-31)41-17-15-35(5)6/h9-14,16,18-19,33H,8,15,17,20H2,1-7H3/b21-18+,22-11+,25-13+,31-29-,34-32?. The second kappa shape index (κ2) is 14.7. The van der Waals surface area contributed by atoms with Crippen LogP contribution in [0, 0.1) is 0 Å². The fourth-order valence-electron chi connectivity index (χ4n) is 4.20. The van der Waals surface area contributed by atoms with E-state index >= 15 is 0 Å². The van der Waals surface area contributed by atoms with Crippen molar-refractivity contribution in [2.24, 2.45) is 4.99 Å². The summed E-state index contributed by atoms with van der Waals surface area (Å²) in [6, 6.07) is 9.04. The van der Waals surface area contributed by atoms with E-state index in [0.29, 0.717) is 40.2 Å². The van der Waals surface area contributed by atoms with E-state index < -0.39 is 0 Å². The SMILES string of the molecule is CCNc1ccc(C(C)=O)cc1N=C1S/C(=C2\S/C(C)=C/C=C(OCCN(C)C)\C=C(/C)N2C)C(=O)N1Cc1ccco1. The Hall–Kier alpha value is -3.67. The van der Waals surface area contributed by atoms with Crippen LogP contribution in [0.1, 0.15) is 43.8 Å². The molecule has 9 nitrogen and oxygen atoms in total. The fraction of sp³-hybridized carbons (Fsp3) is 0.344. The second-order valence-corrected chi connectivity index (χ2v) is 12.6. The third-order valence-electron chi connectivity index (χ3n) is 6.67. The first-order chi connectivity index (χ1) is 20.6. The van der Waals surface area contributed by atoms with Crippen LogP contribution in [0.3, 0.4) is 0 Å². The molecule has 2 aliphatic rings. The van der Waals surface area contributed by atoms with Gasteiger partial charge in [-0.25, -0.2) is 4.99 Å². The summed E-state index contributed by atoms with van der Waals surface area (Å²) in [4.78, 5) is 38.6. The predicted octanol–water partition coefficient (Wildman–Crippen LogP) is 6.79. The maximum atomic E-state index is 14.2. The molecule has 11 heteroatoms. The van der Waals surface area contributed by atoms with Gasteiger partial charge in [-0.1, -0.05) is 11.8 Å². The number of amides is 1. The molecule has 1 saturated heterocycles. The van der Waals surface area contributed by atoms with E-state index in [1.807, 2.05) is 77.2 Å². The number of rotatable bonds is 10. The number of nitrogens with zero attached hydrogens (tertiary/aromatic N) is 4. The summed E-state index contributed by atoms with van der Waals surface area (Å²) in [6.07, 6.45) is 7.55. The summed E-state index contributed by atoms with van der Waals surface area (Å²) in [5, 5.41) is 4.62. The van der Waals surface area contributed by atoms with Crippen molar-refractivity contribution in [1.29, 1.82) is 0 Å². The molecule has 4 rings (SSSR count). The van der Waals surface area contributed by atoms with E-state index in [1.54, 1.807) is 29.4 Å². The largest absolute Gasteiger partial charge is 0.492 e. The number of allylic oxidation sites excluding steroid dienone is 5. The zero-order chi connectivity index (χ0) is 31.1. The number of hydrogen-bond acceptors (Lipinski definition) is 10. The zero-order valence-corrected chi connectivity index (χ0v) is 27.4. The van der Waals surface area contributed by atoms with Crippen molar-refractivity contribution in [3.63, 3.8) is 0 Å². The van der Waals surface area contributed by atoms with Gasteiger partial charge in [0.25, 0.3) is 5.91 Å². The number of ether oxygens (including phenoxy) is 1. The van der Waals surface area contributed by atoms with Crippen LogP contribution < -0.4 is 5.32 Å². The van der Waals surface area contributed by atoms with Crippen molar-refractivity contribution in [1.82, 2.24) is 14.7 Å². The second-order valence-electron chi connectivity index (χ2n) is 10.4. The minimum atomic E-state index is -0.169. The summed E-state index contributed by atoms with van der Waals surface area (Å²) < 4.78 is 11.7. The molecule has 0 saturated carbocycles. The van der Waals surface area contributed by atoms with Crippen LogP contribution in [0.2, 0.25) is 0 Å². The van der Waals surface area contributed by atoms with Gasteiger partial charge in [0, 0.05) is 31.4 Å². The molecule has 43 heavy (non-hydrogen) atoms. The summed E-state index contributed by atoms with van der Waals surface area (Å²) >= 11 is 2.85. The number of aliphatic imine (C=N–C) groups is 1. The number of nitrogens with one attached hydrogen (secondary N) is 1. The van der Waals surface area contributed by atoms with Crippen LogP contribution in [0.25, 0.3) is 0 Å². The fourth-order valence-corrected chi connectivity index (χ4v) is 6.36. The van der Waals surface area contributed by atoms with Gasteiger partial charge in [-0.05, 0) is 107 Å². The number of anilines is 1. The molecular weight excluding hydrogens is 583 g/mol. The number of amidine groups is 1. The number of thioether (sulfide) groups is 2. The monoisotopic (exact) mass is 621 g/mol. The average molecular weight is 622 g/mol. The Kier molecular flexibility index (Phi) is 11.0. The van der Waals surface area contributed by atoms with Crippen LogP contribution in [-0.4, -0.2) is 72.4 Å². The van der Waals surface area contributed by atoms with Crippen molar-refractivity contribution in [3.8, 4) is 0 Å². The number of carbonyl (C=O) groups is 2. The maximum absolute atomic E-state index is 14.2. The van der Waals surface area contributed by atoms with Crippen LogP contribution in [0.15, 0.2) is 90.5 Å². The first-order valence-electron chi connectivity index (χ1n) is 14.1. The summed E-state index contributed by atoms with van der Waals surface area (Å²) in [6.45, 7) is 9.82. The highest BCUT2D eigenvalue weighted by Gasteiger charge is 2.38. The Morgan fingerprint density at radius 1 is 1.16 bits per heavy atom. The highest BCUT2D eigenvalue weighted by Crippen LogP contribution is 2.43. The number of hydrogen-bond donors (Lipinski definition) is 1. The summed E-state index contributed by atoms with van der Waals surface area (Å²) in [5.74, 6) is 1.17. The van der Waals surface area contributed by atoms with E-state index in [0.717, 1.165) is 33.6 Å². The van der Waals surface area contributed by atoms with Crippen molar-refractivity contribution in [2.45, 2.75) is 34.2 Å². The lowest BCUT2D eigenvalue weighted by Gasteiger charge is -2.24. The number of carbonyl (C=O) groups excluding carboxylic acids is 2. The molecule has 0 spiro atoms. The molecule has 0 unspecified atom stereocenters. The van der Waals surface area contributed by atoms with Crippen molar-refractivity contribution < 1.29 is 18.7 Å². The van der Waals surface area contributed by atoms with E-state index in [-0.39, 0.29) is 18.2 Å². The van der Waals surface area contributed by atoms with Gasteiger partial charge in [0.1, 0.15) is 23.0 Å². The van der Waals surface area contributed by atoms with Gasteiger partial charge in [-0.2, -0.15) is 0 Å². The highest BCUT2D eigenvalue weighted by atomic mass is 32.2. The lowest BCUT2D eigenvalue weighted by Crippen LogP contribution is -2.29. The molecule has 1 aromatic carbocycles. The molecule has 0 aliphatic carbocycles. The molecule has 0 bridgehead atoms. The predicted molar refractivity (Wildman–Crippen MR) is 177 cm³/mol. The maximum Gasteiger partial charge on any atom is 0.269 e. The molecule has 0 atom stereocenters. The normalized spacial score (nSPS) is 22.4. The summed E-state index contributed by atoms with van der Waals surface area (Å²) in [7, 11) is 5.98. The van der Waals surface area contributed by atoms with Gasteiger partial charge in [0.05, 0.1) is 29.2 Å². The van der Waals surface area contributed by atoms with Crippen molar-refractivity contribution in [3.05, 3.63) is 92.4 Å². The van der Waals surface area contributed by atoms with E-state index in [9.17, 15) is 9.59 Å². The van der Waals surface area contributed by atoms with Crippen LogP contribution in [0.5, 0.6) is 0 Å². The Labute approximate surface area is 262 Å². The topological polar surface area (TPSA) is 90.6 Å². The van der Waals surface area contributed by atoms with Crippen molar-refractivity contribution in [2.75, 3.05) is 46.2 Å². The molecule has 1 amide bonds. The Morgan fingerprint density at radius 2 is 1.95 bits per heavy atom. The number of benzene rings is 1. The average Bonchev–Trinajstić information content (AvgIpc) is 3.59. The molecule has 2 aromatic rings. The van der Waals surface area contributed by atoms with Gasteiger partial charge in [-0.15, -0.1) is 0 Å². The van der Waals surface area contributed by atoms with Gasteiger partial charge in [-0.3, -0.25) is 14.5 Å². The van der Waals surface area contributed by atoms with E-state index in [2.05, 4.69) is 10.2 Å². The minimum Gasteiger partial charge on any atom is -0.492 e. The molecular formula is C32H39N5O4S2. The number of likely N-dealkylation sites (N-methyl/N-ethyl adjacent to an activating group) is 1. The van der Waals surface area contributed by atoms with Crippen molar-refractivity contribution >= 4 is 51.8 Å². The molecule has 1 N–H and O–H groups in total. The quantitative estimate of drug-likeness (QED) is 0.227. The number of furan rings is 1. The van der Waals surface area contributed by atoms with Gasteiger partial charge >= 0.3 is 0 Å². The Balaban J connectivity index is 1.78. The molecule has 2 aliphatic heterocycles. The first-order valence-corrected chi connectivity index (χ1v) is 15.7. The molecule has 1 fully saturated rings. The highest BCUT2D eigenvalue weighted by molar-refractivity contribution is 8.19. The lowest BCUT2D eigenvalue weighted by molar-refractivity contribution is -0.122. The minimum absolute atomic E-state index is 0.0540. The van der Waals surface area contributed by atoms with Crippen LogP contribution in [-0.2, 0) is 16.1 Å². The third kappa shape index (κ3) is 8.25. The van der Waals surface area contributed by atoms with Gasteiger partial charge in [0.15, 0.2) is 11.0 Å². The zero-order valence-electron chi connectivity index (χ0n) is 25.8. The first kappa shape index (κ1) is 32.2. The third-order valence-corrected chi connectivity index (χ3v) is 9.00. The number of Topliss-reactive ketones (excluding diaryl/α,β-unsaturated/α-hetero) is 1.